The maximum Gasteiger partial charge on any atom is 0.231 e. The summed E-state index contributed by atoms with van der Waals surface area (Å²) in [5.41, 5.74) is 0.914. The number of carbonyl (C=O) groups is 1. The van der Waals surface area contributed by atoms with E-state index in [2.05, 4.69) is 19.8 Å². The number of aromatic nitrogens is 2. The summed E-state index contributed by atoms with van der Waals surface area (Å²) in [6.45, 7) is 5.39. The minimum absolute atomic E-state index is 0.000933. The van der Waals surface area contributed by atoms with Crippen LogP contribution in [0.1, 0.15) is 24.8 Å². The van der Waals surface area contributed by atoms with Crippen molar-refractivity contribution in [3.63, 3.8) is 0 Å². The molecule has 0 aromatic carbocycles. The van der Waals surface area contributed by atoms with Crippen molar-refractivity contribution >= 4 is 11.9 Å². The zero-order chi connectivity index (χ0) is 19.2. The van der Waals surface area contributed by atoms with Crippen molar-refractivity contribution in [2.45, 2.75) is 25.8 Å². The van der Waals surface area contributed by atoms with E-state index >= 15 is 0 Å². The summed E-state index contributed by atoms with van der Waals surface area (Å²) in [5.74, 6) is 1.07. The second kappa shape index (κ2) is 6.58. The molecular weight excluding hydrogens is 354 g/mol. The topological polar surface area (TPSA) is 65.7 Å². The van der Waals surface area contributed by atoms with Gasteiger partial charge in [0, 0.05) is 56.6 Å². The molecule has 1 atom stereocenters. The molecule has 3 saturated heterocycles. The van der Waals surface area contributed by atoms with Crippen LogP contribution in [0.15, 0.2) is 41.5 Å². The van der Waals surface area contributed by atoms with Crippen LogP contribution >= 0.6 is 0 Å². The number of carbonyl (C=O) groups excluding carboxylic acids is 1. The summed E-state index contributed by atoms with van der Waals surface area (Å²) >= 11 is 0. The molecule has 0 saturated carbocycles. The van der Waals surface area contributed by atoms with E-state index in [0.717, 1.165) is 64.5 Å². The number of likely N-dealkylation sites (tertiary alicyclic amines) is 2. The van der Waals surface area contributed by atoms with Crippen molar-refractivity contribution < 1.29 is 9.21 Å². The van der Waals surface area contributed by atoms with Gasteiger partial charge in [0.2, 0.25) is 11.9 Å². The summed E-state index contributed by atoms with van der Waals surface area (Å²) in [6, 6.07) is 3.87. The zero-order valence-corrected chi connectivity index (χ0v) is 16.4. The molecule has 0 N–H and O–H groups in total. The van der Waals surface area contributed by atoms with Gasteiger partial charge in [0.25, 0.3) is 0 Å². The molecule has 28 heavy (non-hydrogen) atoms. The summed E-state index contributed by atoms with van der Waals surface area (Å²) in [7, 11) is 1.94. The smallest absolute Gasteiger partial charge is 0.231 e. The molecule has 7 heteroatoms. The Labute approximate surface area is 165 Å². The van der Waals surface area contributed by atoms with Crippen LogP contribution in [0.25, 0.3) is 0 Å². The second-order valence-corrected chi connectivity index (χ2v) is 8.65. The fourth-order valence-corrected chi connectivity index (χ4v) is 5.65. The van der Waals surface area contributed by atoms with Gasteiger partial charge in [0.15, 0.2) is 0 Å². The third kappa shape index (κ3) is 2.64. The number of nitrogens with zero attached hydrogens (tertiary/aromatic N) is 5. The van der Waals surface area contributed by atoms with Gasteiger partial charge < -0.3 is 14.2 Å². The lowest BCUT2D eigenvalue weighted by Gasteiger charge is -2.46. The van der Waals surface area contributed by atoms with Crippen LogP contribution in [0.5, 0.6) is 0 Å². The molecule has 2 aromatic heterocycles. The first kappa shape index (κ1) is 17.7. The molecule has 3 fully saturated rings. The lowest BCUT2D eigenvalue weighted by Crippen LogP contribution is -2.52. The number of hydrogen-bond acceptors (Lipinski definition) is 6. The highest BCUT2D eigenvalue weighted by molar-refractivity contribution is 5.87. The highest BCUT2D eigenvalue weighted by Crippen LogP contribution is 2.58. The zero-order valence-electron chi connectivity index (χ0n) is 16.4. The van der Waals surface area contributed by atoms with Crippen LogP contribution in [-0.4, -0.2) is 65.4 Å². The van der Waals surface area contributed by atoms with E-state index < -0.39 is 0 Å². The number of hydrogen-bond donors (Lipinski definition) is 0. The summed E-state index contributed by atoms with van der Waals surface area (Å²) in [6.07, 6.45) is 10.1. The predicted molar refractivity (Wildman–Crippen MR) is 105 cm³/mol. The standard InChI is InChI=1S/C21H27N5O2/c1-24-9-6-21(18(24)27)16-26(19-22-7-2-8-23-19)15-20(21)4-10-25(11-5-20)13-17-3-12-28-14-17/h2-3,7-8,12,14H,4-6,9-11,13,15-16H2,1H3/t21-/m1/s1. The van der Waals surface area contributed by atoms with Crippen LogP contribution in [0.4, 0.5) is 5.95 Å². The molecular formula is C21H27N5O2. The predicted octanol–water partition coefficient (Wildman–Crippen LogP) is 2.02. The third-order valence-electron chi connectivity index (χ3n) is 7.23. The second-order valence-electron chi connectivity index (χ2n) is 8.65. The van der Waals surface area contributed by atoms with Gasteiger partial charge >= 0.3 is 0 Å². The number of piperidine rings is 1. The maximum absolute atomic E-state index is 13.3. The molecule has 3 aliphatic heterocycles. The van der Waals surface area contributed by atoms with E-state index in [0.29, 0.717) is 5.91 Å². The van der Waals surface area contributed by atoms with Crippen LogP contribution in [0.2, 0.25) is 0 Å². The van der Waals surface area contributed by atoms with Gasteiger partial charge in [-0.05, 0) is 44.5 Å². The molecule has 1 amide bonds. The number of amides is 1. The Bertz CT molecular complexity index is 832. The number of fused-ring (bicyclic) bond motifs is 1. The average molecular weight is 381 g/mol. The molecule has 148 valence electrons. The van der Waals surface area contributed by atoms with Crippen LogP contribution in [-0.2, 0) is 11.3 Å². The van der Waals surface area contributed by atoms with Gasteiger partial charge in [-0.3, -0.25) is 9.69 Å². The Morgan fingerprint density at radius 3 is 2.54 bits per heavy atom. The quantitative estimate of drug-likeness (QED) is 0.810. The van der Waals surface area contributed by atoms with Gasteiger partial charge in [0.05, 0.1) is 17.9 Å². The van der Waals surface area contributed by atoms with Crippen LogP contribution in [0.3, 0.4) is 0 Å². The molecule has 3 aliphatic rings. The molecule has 2 aromatic rings. The molecule has 0 radical (unpaired) electrons. The fraction of sp³-hybridized carbons (Fsp3) is 0.571. The average Bonchev–Trinajstić information content (AvgIpc) is 3.42. The highest BCUT2D eigenvalue weighted by Gasteiger charge is 2.65. The first-order valence-electron chi connectivity index (χ1n) is 10.1. The number of anilines is 1. The lowest BCUT2D eigenvalue weighted by atomic mass is 9.60. The van der Waals surface area contributed by atoms with Gasteiger partial charge in [-0.25, -0.2) is 9.97 Å². The molecule has 5 rings (SSSR count). The van der Waals surface area contributed by atoms with Crippen molar-refractivity contribution in [1.29, 1.82) is 0 Å². The first-order chi connectivity index (χ1) is 13.6. The Hall–Kier alpha value is -2.41. The normalized spacial score (nSPS) is 27.4. The van der Waals surface area contributed by atoms with E-state index in [9.17, 15) is 4.79 Å². The number of furan rings is 1. The van der Waals surface area contributed by atoms with E-state index in [1.165, 1.54) is 5.56 Å². The molecule has 5 heterocycles. The molecule has 2 spiro atoms. The maximum atomic E-state index is 13.3. The Morgan fingerprint density at radius 1 is 1.11 bits per heavy atom. The van der Waals surface area contributed by atoms with Crippen LogP contribution in [0, 0.1) is 10.8 Å². The van der Waals surface area contributed by atoms with Crippen molar-refractivity contribution in [2.75, 3.05) is 44.7 Å². The lowest BCUT2D eigenvalue weighted by molar-refractivity contribution is -0.141. The minimum atomic E-state index is -0.303. The highest BCUT2D eigenvalue weighted by atomic mass is 16.3. The summed E-state index contributed by atoms with van der Waals surface area (Å²) < 4.78 is 5.22. The van der Waals surface area contributed by atoms with E-state index in [1.54, 1.807) is 18.7 Å². The third-order valence-corrected chi connectivity index (χ3v) is 7.23. The number of rotatable bonds is 3. The van der Waals surface area contributed by atoms with Gasteiger partial charge in [-0.1, -0.05) is 0 Å². The van der Waals surface area contributed by atoms with E-state index in [4.69, 9.17) is 4.42 Å². The monoisotopic (exact) mass is 381 g/mol. The Kier molecular flexibility index (Phi) is 4.16. The van der Waals surface area contributed by atoms with Gasteiger partial charge in [0.1, 0.15) is 0 Å². The molecule has 0 unspecified atom stereocenters. The summed E-state index contributed by atoms with van der Waals surface area (Å²) in [4.78, 5) is 29.0. The molecule has 0 bridgehead atoms. The SMILES string of the molecule is CN1CC[C@@]2(CN(c3ncccn3)CC23CCN(Cc2ccoc2)CC3)C1=O. The Balaban J connectivity index is 1.40. The van der Waals surface area contributed by atoms with Crippen molar-refractivity contribution in [2.24, 2.45) is 10.8 Å². The van der Waals surface area contributed by atoms with Crippen molar-refractivity contribution in [3.05, 3.63) is 42.6 Å². The van der Waals surface area contributed by atoms with Gasteiger partial charge in [-0.15, -0.1) is 0 Å². The van der Waals surface area contributed by atoms with Crippen molar-refractivity contribution in [3.8, 4) is 0 Å². The fourth-order valence-electron chi connectivity index (χ4n) is 5.65. The minimum Gasteiger partial charge on any atom is -0.472 e. The molecule has 0 aliphatic carbocycles. The van der Waals surface area contributed by atoms with E-state index in [-0.39, 0.29) is 10.8 Å². The summed E-state index contributed by atoms with van der Waals surface area (Å²) in [5, 5.41) is 0. The van der Waals surface area contributed by atoms with Gasteiger partial charge in [-0.2, -0.15) is 0 Å². The Morgan fingerprint density at radius 2 is 1.89 bits per heavy atom. The van der Waals surface area contributed by atoms with Crippen molar-refractivity contribution in [1.82, 2.24) is 19.8 Å². The molecule has 7 nitrogen and oxygen atoms in total. The van der Waals surface area contributed by atoms with E-state index in [1.807, 2.05) is 30.3 Å². The van der Waals surface area contributed by atoms with Crippen LogP contribution < -0.4 is 4.90 Å². The first-order valence-corrected chi connectivity index (χ1v) is 10.1. The largest absolute Gasteiger partial charge is 0.472 e.